The van der Waals surface area contributed by atoms with Crippen molar-refractivity contribution in [3.63, 3.8) is 0 Å². The molecular formula is C48H55FN10O5. The Morgan fingerprint density at radius 1 is 0.969 bits per heavy atom. The molecule has 64 heavy (non-hydrogen) atoms. The Balaban J connectivity index is 0.749. The summed E-state index contributed by atoms with van der Waals surface area (Å²) in [6.45, 7) is 8.95. The summed E-state index contributed by atoms with van der Waals surface area (Å²) >= 11 is 0. The fourth-order valence-electron chi connectivity index (χ4n) is 10.6. The number of halogens is 1. The zero-order valence-electron chi connectivity index (χ0n) is 36.3. The highest BCUT2D eigenvalue weighted by molar-refractivity contribution is 6.06. The number of fused-ring (bicyclic) bond motifs is 1. The number of hydrogen-bond acceptors (Lipinski definition) is 11. The SMILES string of the molecule is CC1CN(CC2(F)CCN(C(=O)c3ccc([C@@H]4CN(c5cc(-c6ccccc6O)nnc5N)CCO4)cc3)CC2)CC(C)C1n1cc(C2CC2)c2cc(N3CCC(=O)NC3=O)cnc21. The molecule has 0 bridgehead atoms. The van der Waals surface area contributed by atoms with E-state index in [2.05, 4.69) is 56.0 Å². The van der Waals surface area contributed by atoms with Crippen molar-refractivity contribution in [2.45, 2.75) is 69.7 Å². The highest BCUT2D eigenvalue weighted by Gasteiger charge is 2.42. The topological polar surface area (TPSA) is 175 Å². The van der Waals surface area contributed by atoms with Crippen molar-refractivity contribution in [3.8, 4) is 17.0 Å². The number of amides is 4. The summed E-state index contributed by atoms with van der Waals surface area (Å²) in [5.41, 5.74) is 11.1. The molecule has 0 radical (unpaired) electrons. The molecule has 1 aliphatic carbocycles. The first kappa shape index (κ1) is 41.9. The minimum atomic E-state index is -1.39. The number of aromatic hydroxyl groups is 1. The molecule has 1 saturated carbocycles. The number of phenolic OH excluding ortho intramolecular Hbond substituents is 1. The molecule has 5 aromatic rings. The third-order valence-electron chi connectivity index (χ3n) is 14.0. The summed E-state index contributed by atoms with van der Waals surface area (Å²) in [5, 5.41) is 22.3. The van der Waals surface area contributed by atoms with E-state index in [-0.39, 0.29) is 60.8 Å². The molecule has 334 valence electrons. The monoisotopic (exact) mass is 870 g/mol. The predicted molar refractivity (Wildman–Crippen MR) is 241 cm³/mol. The maximum absolute atomic E-state index is 16.7. The predicted octanol–water partition coefficient (Wildman–Crippen LogP) is 6.46. The Bertz CT molecular complexity index is 2580. The van der Waals surface area contributed by atoms with E-state index < -0.39 is 11.7 Å². The van der Waals surface area contributed by atoms with E-state index >= 15 is 4.39 Å². The average molecular weight is 871 g/mol. The van der Waals surface area contributed by atoms with E-state index in [1.807, 2.05) is 36.4 Å². The molecule has 3 atom stereocenters. The molecule has 3 aromatic heterocycles. The number of para-hydroxylation sites is 1. The smallest absolute Gasteiger partial charge is 0.328 e. The molecule has 7 heterocycles. The van der Waals surface area contributed by atoms with Crippen molar-refractivity contribution >= 4 is 46.1 Å². The lowest BCUT2D eigenvalue weighted by atomic mass is 9.84. The van der Waals surface area contributed by atoms with Gasteiger partial charge < -0.3 is 29.9 Å². The zero-order chi connectivity index (χ0) is 44.3. The molecule has 4 saturated heterocycles. The van der Waals surface area contributed by atoms with E-state index in [1.165, 1.54) is 5.56 Å². The van der Waals surface area contributed by atoms with Crippen molar-refractivity contribution in [3.05, 3.63) is 89.7 Å². The Labute approximate surface area is 371 Å². The molecule has 4 amide bonds. The summed E-state index contributed by atoms with van der Waals surface area (Å²) in [6, 6.07) is 18.1. The van der Waals surface area contributed by atoms with Crippen LogP contribution in [0.3, 0.4) is 0 Å². The number of phenols is 1. The van der Waals surface area contributed by atoms with Gasteiger partial charge in [-0.15, -0.1) is 10.2 Å². The van der Waals surface area contributed by atoms with Crippen LogP contribution >= 0.6 is 0 Å². The largest absolute Gasteiger partial charge is 0.507 e. The number of pyridine rings is 1. The molecule has 10 rings (SSSR count). The van der Waals surface area contributed by atoms with Gasteiger partial charge in [0.05, 0.1) is 29.9 Å². The van der Waals surface area contributed by atoms with Crippen molar-refractivity contribution in [2.75, 3.05) is 74.5 Å². The number of nitrogens with one attached hydrogen (secondary N) is 1. The Hall–Kier alpha value is -6.13. The Kier molecular flexibility index (Phi) is 11.0. The molecule has 4 N–H and O–H groups in total. The number of alkyl halides is 1. The summed E-state index contributed by atoms with van der Waals surface area (Å²) < 4.78 is 25.2. The van der Waals surface area contributed by atoms with Gasteiger partial charge in [0.1, 0.15) is 23.2 Å². The lowest BCUT2D eigenvalue weighted by Gasteiger charge is -2.45. The van der Waals surface area contributed by atoms with Gasteiger partial charge in [-0.1, -0.05) is 38.1 Å². The van der Waals surface area contributed by atoms with Gasteiger partial charge in [0, 0.05) is 100 Å². The van der Waals surface area contributed by atoms with E-state index in [9.17, 15) is 19.5 Å². The van der Waals surface area contributed by atoms with Crippen LogP contribution in [0.15, 0.2) is 73.1 Å². The van der Waals surface area contributed by atoms with E-state index in [0.717, 1.165) is 42.5 Å². The van der Waals surface area contributed by atoms with Crippen molar-refractivity contribution < 1.29 is 28.6 Å². The maximum atomic E-state index is 16.7. The summed E-state index contributed by atoms with van der Waals surface area (Å²) in [4.78, 5) is 50.9. The van der Waals surface area contributed by atoms with Crippen LogP contribution < -0.4 is 20.9 Å². The molecule has 5 fully saturated rings. The average Bonchev–Trinajstić information content (AvgIpc) is 4.07. The number of ether oxygens (including phenoxy) is 1. The standard InChI is InChI=1S/C48H55FN10O5/c1-29-24-55(25-30(2)43(29)59-26-37(31-7-8-31)36-21-34(23-51-45(36)59)58-16-13-42(61)52-47(58)63)28-48(49)14-17-56(18-15-48)46(62)33-11-9-32(10-12-33)41-27-57(19-20-64-41)39-22-38(53-54-44(39)50)35-5-3-4-6-40(35)60/h3-6,9-12,21-23,26,29-31,41,43,60H,7-8,13-20,24-25,27-28H2,1-2H3,(H2,50,54)(H,52,61,63)/t29?,30?,41-,43?/m0/s1. The highest BCUT2D eigenvalue weighted by atomic mass is 19.1. The first-order chi connectivity index (χ1) is 30.9. The van der Waals surface area contributed by atoms with Crippen LogP contribution in [0.4, 0.5) is 26.4 Å². The number of rotatable bonds is 9. The second-order valence-electron chi connectivity index (χ2n) is 18.6. The van der Waals surface area contributed by atoms with Gasteiger partial charge in [0.2, 0.25) is 5.91 Å². The van der Waals surface area contributed by atoms with Crippen LogP contribution in [-0.2, 0) is 9.53 Å². The second-order valence-corrected chi connectivity index (χ2v) is 18.6. The number of urea groups is 1. The van der Waals surface area contributed by atoms with Gasteiger partial charge in [-0.3, -0.25) is 24.7 Å². The number of carbonyl (C=O) groups is 3. The van der Waals surface area contributed by atoms with Gasteiger partial charge in [0.25, 0.3) is 5.91 Å². The van der Waals surface area contributed by atoms with Crippen LogP contribution in [0.1, 0.15) is 85.5 Å². The number of benzene rings is 2. The van der Waals surface area contributed by atoms with E-state index in [0.29, 0.717) is 85.8 Å². The molecular weight excluding hydrogens is 816 g/mol. The third-order valence-corrected chi connectivity index (χ3v) is 14.0. The van der Waals surface area contributed by atoms with Crippen molar-refractivity contribution in [1.29, 1.82) is 0 Å². The highest BCUT2D eigenvalue weighted by Crippen LogP contribution is 2.47. The Morgan fingerprint density at radius 2 is 1.72 bits per heavy atom. The minimum absolute atomic E-state index is 0.102. The van der Waals surface area contributed by atoms with Gasteiger partial charge >= 0.3 is 6.03 Å². The first-order valence-corrected chi connectivity index (χ1v) is 22.6. The molecule has 0 spiro atoms. The number of nitrogen functional groups attached to an aromatic ring is 1. The minimum Gasteiger partial charge on any atom is -0.507 e. The normalized spacial score (nSPS) is 24.3. The number of anilines is 3. The van der Waals surface area contributed by atoms with Crippen LogP contribution in [-0.4, -0.2) is 117 Å². The number of imide groups is 1. The van der Waals surface area contributed by atoms with E-state index in [4.69, 9.17) is 15.5 Å². The summed E-state index contributed by atoms with van der Waals surface area (Å²) in [7, 11) is 0. The van der Waals surface area contributed by atoms with Crippen molar-refractivity contribution in [2.24, 2.45) is 11.8 Å². The number of piperidine rings is 2. The number of aromatic nitrogens is 4. The first-order valence-electron chi connectivity index (χ1n) is 22.6. The fourth-order valence-corrected chi connectivity index (χ4v) is 10.6. The number of hydrogen-bond donors (Lipinski definition) is 3. The number of morpholine rings is 1. The fraction of sp³-hybridized carbons (Fsp3) is 0.458. The molecule has 5 aliphatic rings. The quantitative estimate of drug-likeness (QED) is 0.148. The van der Waals surface area contributed by atoms with Crippen molar-refractivity contribution in [1.82, 2.24) is 34.9 Å². The van der Waals surface area contributed by atoms with Crippen LogP contribution in [0.5, 0.6) is 5.75 Å². The number of likely N-dealkylation sites (tertiary alicyclic amines) is 2. The lowest BCUT2D eigenvalue weighted by Crippen LogP contribution is -2.53. The number of nitrogens with zero attached hydrogens (tertiary/aromatic N) is 8. The Morgan fingerprint density at radius 3 is 2.44 bits per heavy atom. The summed E-state index contributed by atoms with van der Waals surface area (Å²) in [5.74, 6) is 0.976. The zero-order valence-corrected chi connectivity index (χ0v) is 36.3. The molecule has 2 aromatic carbocycles. The summed E-state index contributed by atoms with van der Waals surface area (Å²) in [6.07, 6.45) is 6.82. The third kappa shape index (κ3) is 8.13. The molecule has 4 aliphatic heterocycles. The molecule has 16 heteroatoms. The molecule has 15 nitrogen and oxygen atoms in total. The maximum Gasteiger partial charge on any atom is 0.328 e. The number of carbonyl (C=O) groups excluding carboxylic acids is 3. The second kappa shape index (κ2) is 16.8. The van der Waals surface area contributed by atoms with Crippen LogP contribution in [0.25, 0.3) is 22.3 Å². The van der Waals surface area contributed by atoms with Gasteiger partial charge in [-0.05, 0) is 78.1 Å². The van der Waals surface area contributed by atoms with Gasteiger partial charge in [-0.25, -0.2) is 14.2 Å². The van der Waals surface area contributed by atoms with Crippen LogP contribution in [0.2, 0.25) is 0 Å². The van der Waals surface area contributed by atoms with Gasteiger partial charge in [0.15, 0.2) is 5.82 Å². The van der Waals surface area contributed by atoms with E-state index in [1.54, 1.807) is 34.2 Å². The van der Waals surface area contributed by atoms with Crippen LogP contribution in [0, 0.1) is 11.8 Å². The lowest BCUT2D eigenvalue weighted by molar-refractivity contribution is -0.120. The van der Waals surface area contributed by atoms with Gasteiger partial charge in [-0.2, -0.15) is 0 Å². The molecule has 2 unspecified atom stereocenters. The number of nitrogens with two attached hydrogens (primary N) is 1.